The van der Waals surface area contributed by atoms with Gasteiger partial charge in [-0.15, -0.1) is 0 Å². The summed E-state index contributed by atoms with van der Waals surface area (Å²) in [6.45, 7) is 3.23. The molecule has 5 nitrogen and oxygen atoms in total. The number of nitrogens with one attached hydrogen (secondary N) is 1. The lowest BCUT2D eigenvalue weighted by molar-refractivity contribution is -0.133. The monoisotopic (exact) mass is 295 g/mol. The number of rotatable bonds is 3. The highest BCUT2D eigenvalue weighted by molar-refractivity contribution is 6.33. The number of aromatic nitrogens is 1. The summed E-state index contributed by atoms with van der Waals surface area (Å²) in [5, 5.41) is 3.01. The molecule has 1 fully saturated rings. The van der Waals surface area contributed by atoms with Crippen molar-refractivity contribution in [3.8, 4) is 0 Å². The number of nitrogens with zero attached hydrogens (tertiary/aromatic N) is 2. The fraction of sp³-hybridized carbons (Fsp3) is 0.500. The summed E-state index contributed by atoms with van der Waals surface area (Å²) in [6.07, 6.45) is 6.13. The van der Waals surface area contributed by atoms with Gasteiger partial charge in [-0.05, 0) is 32.3 Å². The largest absolute Gasteiger partial charge is 0.341 e. The first-order valence-electron chi connectivity index (χ1n) is 6.79. The van der Waals surface area contributed by atoms with Crippen LogP contribution in [0.15, 0.2) is 18.5 Å². The van der Waals surface area contributed by atoms with E-state index in [1.54, 1.807) is 17.9 Å². The Morgan fingerprint density at radius 3 is 2.70 bits per heavy atom. The molecule has 2 amide bonds. The Morgan fingerprint density at radius 2 is 2.05 bits per heavy atom. The van der Waals surface area contributed by atoms with E-state index < -0.39 is 6.04 Å². The SMILES string of the molecule is CC(NC(=O)c1cnccc1Cl)C(=O)N1CCCCC1. The van der Waals surface area contributed by atoms with Gasteiger partial charge in [0.25, 0.3) is 5.91 Å². The molecule has 108 valence electrons. The minimum atomic E-state index is -0.558. The number of amides is 2. The molecule has 1 atom stereocenters. The zero-order valence-corrected chi connectivity index (χ0v) is 12.2. The van der Waals surface area contributed by atoms with Crippen molar-refractivity contribution in [3.63, 3.8) is 0 Å². The van der Waals surface area contributed by atoms with Crippen LogP contribution in [-0.2, 0) is 4.79 Å². The summed E-state index contributed by atoms with van der Waals surface area (Å²) in [5.41, 5.74) is 0.285. The Morgan fingerprint density at radius 1 is 1.35 bits per heavy atom. The summed E-state index contributed by atoms with van der Waals surface area (Å²) < 4.78 is 0. The van der Waals surface area contributed by atoms with Crippen LogP contribution >= 0.6 is 11.6 Å². The summed E-state index contributed by atoms with van der Waals surface area (Å²) in [4.78, 5) is 29.9. The predicted molar refractivity (Wildman–Crippen MR) is 76.6 cm³/mol. The molecule has 0 spiro atoms. The highest BCUT2D eigenvalue weighted by Gasteiger charge is 2.24. The van der Waals surface area contributed by atoms with E-state index in [2.05, 4.69) is 10.3 Å². The Balaban J connectivity index is 1.97. The van der Waals surface area contributed by atoms with Crippen molar-refractivity contribution in [2.45, 2.75) is 32.2 Å². The topological polar surface area (TPSA) is 62.3 Å². The van der Waals surface area contributed by atoms with Crippen molar-refractivity contribution in [1.29, 1.82) is 0 Å². The van der Waals surface area contributed by atoms with Crippen molar-refractivity contribution in [3.05, 3.63) is 29.0 Å². The van der Waals surface area contributed by atoms with Gasteiger partial charge in [0.2, 0.25) is 5.91 Å². The minimum Gasteiger partial charge on any atom is -0.341 e. The molecule has 6 heteroatoms. The Hall–Kier alpha value is -1.62. The number of hydrogen-bond acceptors (Lipinski definition) is 3. The number of carbonyl (C=O) groups excluding carboxylic acids is 2. The van der Waals surface area contributed by atoms with Crippen LogP contribution in [0.25, 0.3) is 0 Å². The first-order valence-corrected chi connectivity index (χ1v) is 7.16. The molecule has 0 aliphatic carbocycles. The molecule has 2 heterocycles. The molecule has 1 N–H and O–H groups in total. The molecule has 1 aliphatic heterocycles. The van der Waals surface area contributed by atoms with E-state index in [0.29, 0.717) is 5.02 Å². The zero-order chi connectivity index (χ0) is 14.5. The van der Waals surface area contributed by atoms with Gasteiger partial charge in [0.15, 0.2) is 0 Å². The van der Waals surface area contributed by atoms with E-state index in [4.69, 9.17) is 11.6 Å². The Kier molecular flexibility index (Phi) is 4.95. The Bertz CT molecular complexity index is 501. The second-order valence-corrected chi connectivity index (χ2v) is 5.34. The van der Waals surface area contributed by atoms with Gasteiger partial charge in [0.05, 0.1) is 10.6 Å². The summed E-state index contributed by atoms with van der Waals surface area (Å²) in [7, 11) is 0. The average molecular weight is 296 g/mol. The smallest absolute Gasteiger partial charge is 0.255 e. The molecular formula is C14H18ClN3O2. The molecule has 1 saturated heterocycles. The second kappa shape index (κ2) is 6.70. The molecule has 0 saturated carbocycles. The lowest BCUT2D eigenvalue weighted by Crippen LogP contribution is -2.48. The third kappa shape index (κ3) is 3.48. The van der Waals surface area contributed by atoms with Crippen molar-refractivity contribution in [1.82, 2.24) is 15.2 Å². The van der Waals surface area contributed by atoms with E-state index in [0.717, 1.165) is 32.4 Å². The predicted octanol–water partition coefficient (Wildman–Crippen LogP) is 1.87. The minimum absolute atomic E-state index is 0.0435. The number of likely N-dealkylation sites (tertiary alicyclic amines) is 1. The number of halogens is 1. The molecule has 20 heavy (non-hydrogen) atoms. The highest BCUT2D eigenvalue weighted by atomic mass is 35.5. The van der Waals surface area contributed by atoms with Gasteiger partial charge in [-0.1, -0.05) is 11.6 Å². The van der Waals surface area contributed by atoms with Crippen LogP contribution in [0.2, 0.25) is 5.02 Å². The second-order valence-electron chi connectivity index (χ2n) is 4.94. The summed E-state index contributed by atoms with van der Waals surface area (Å²) >= 11 is 5.93. The molecule has 0 radical (unpaired) electrons. The molecule has 0 aromatic carbocycles. The van der Waals surface area contributed by atoms with Crippen LogP contribution in [0.5, 0.6) is 0 Å². The lowest BCUT2D eigenvalue weighted by atomic mass is 10.1. The number of piperidine rings is 1. The zero-order valence-electron chi connectivity index (χ0n) is 11.4. The molecule has 2 rings (SSSR count). The third-order valence-electron chi connectivity index (χ3n) is 3.40. The number of hydrogen-bond donors (Lipinski definition) is 1. The van der Waals surface area contributed by atoms with Crippen molar-refractivity contribution >= 4 is 23.4 Å². The molecule has 1 unspecified atom stereocenters. The van der Waals surface area contributed by atoms with Crippen molar-refractivity contribution in [2.24, 2.45) is 0 Å². The van der Waals surface area contributed by atoms with Gasteiger partial charge in [0, 0.05) is 25.5 Å². The van der Waals surface area contributed by atoms with Gasteiger partial charge in [-0.2, -0.15) is 0 Å². The maximum atomic E-state index is 12.2. The standard InChI is InChI=1S/C14H18ClN3O2/c1-10(14(20)18-7-3-2-4-8-18)17-13(19)11-9-16-6-5-12(11)15/h5-6,9-10H,2-4,7-8H2,1H3,(H,17,19). The van der Waals surface area contributed by atoms with E-state index in [1.807, 2.05) is 0 Å². The van der Waals surface area contributed by atoms with Crippen molar-refractivity contribution < 1.29 is 9.59 Å². The molecule has 0 bridgehead atoms. The average Bonchev–Trinajstić information content (AvgIpc) is 2.47. The van der Waals surface area contributed by atoms with Gasteiger partial charge < -0.3 is 10.2 Å². The van der Waals surface area contributed by atoms with Crippen LogP contribution < -0.4 is 5.32 Å². The first-order chi connectivity index (χ1) is 9.59. The fourth-order valence-electron chi connectivity index (χ4n) is 2.27. The normalized spacial score (nSPS) is 16.6. The Labute approximate surface area is 123 Å². The summed E-state index contributed by atoms with van der Waals surface area (Å²) in [5.74, 6) is -0.418. The van der Waals surface area contributed by atoms with Crippen LogP contribution in [0.4, 0.5) is 0 Å². The van der Waals surface area contributed by atoms with Crippen LogP contribution in [-0.4, -0.2) is 40.8 Å². The van der Waals surface area contributed by atoms with Gasteiger partial charge in [-0.3, -0.25) is 14.6 Å². The first kappa shape index (κ1) is 14.8. The van der Waals surface area contributed by atoms with Crippen LogP contribution in [0.3, 0.4) is 0 Å². The van der Waals surface area contributed by atoms with E-state index >= 15 is 0 Å². The highest BCUT2D eigenvalue weighted by Crippen LogP contribution is 2.14. The van der Waals surface area contributed by atoms with Gasteiger partial charge in [-0.25, -0.2) is 0 Å². The fourth-order valence-corrected chi connectivity index (χ4v) is 2.46. The van der Waals surface area contributed by atoms with E-state index in [-0.39, 0.29) is 17.4 Å². The van der Waals surface area contributed by atoms with Gasteiger partial charge in [0.1, 0.15) is 6.04 Å². The number of pyridine rings is 1. The lowest BCUT2D eigenvalue weighted by Gasteiger charge is -2.29. The van der Waals surface area contributed by atoms with Crippen molar-refractivity contribution in [2.75, 3.05) is 13.1 Å². The number of carbonyl (C=O) groups is 2. The third-order valence-corrected chi connectivity index (χ3v) is 3.73. The van der Waals surface area contributed by atoms with Gasteiger partial charge >= 0.3 is 0 Å². The quantitative estimate of drug-likeness (QED) is 0.926. The molecule has 1 aromatic heterocycles. The summed E-state index contributed by atoms with van der Waals surface area (Å²) in [6, 6.07) is 0.991. The van der Waals surface area contributed by atoms with E-state index in [9.17, 15) is 9.59 Å². The van der Waals surface area contributed by atoms with Crippen LogP contribution in [0, 0.1) is 0 Å². The van der Waals surface area contributed by atoms with Crippen LogP contribution in [0.1, 0.15) is 36.5 Å². The van der Waals surface area contributed by atoms with E-state index in [1.165, 1.54) is 12.4 Å². The molecule has 1 aliphatic rings. The molecular weight excluding hydrogens is 278 g/mol. The maximum Gasteiger partial charge on any atom is 0.255 e. The maximum absolute atomic E-state index is 12.2. The molecule has 1 aromatic rings.